The van der Waals surface area contributed by atoms with Gasteiger partial charge in [-0.25, -0.2) is 9.97 Å². The lowest BCUT2D eigenvalue weighted by molar-refractivity contribution is -0.384. The summed E-state index contributed by atoms with van der Waals surface area (Å²) in [6, 6.07) is 4.94. The molecule has 21 heavy (non-hydrogen) atoms. The van der Waals surface area contributed by atoms with Crippen LogP contribution >= 0.6 is 23.2 Å². The largest absolute Gasteiger partial charge is 0.350 e. The second-order valence-corrected chi connectivity index (χ2v) is 5.31. The van der Waals surface area contributed by atoms with Crippen LogP contribution in [0.1, 0.15) is 11.1 Å². The van der Waals surface area contributed by atoms with Crippen LogP contribution in [0.2, 0.25) is 10.3 Å². The van der Waals surface area contributed by atoms with Gasteiger partial charge < -0.3 is 4.90 Å². The maximum absolute atomic E-state index is 11.2. The van der Waals surface area contributed by atoms with Crippen LogP contribution in [-0.2, 0) is 6.54 Å². The van der Waals surface area contributed by atoms with Crippen molar-refractivity contribution in [2.45, 2.75) is 13.5 Å². The van der Waals surface area contributed by atoms with Gasteiger partial charge >= 0.3 is 5.69 Å². The Kier molecular flexibility index (Phi) is 4.59. The summed E-state index contributed by atoms with van der Waals surface area (Å²) >= 11 is 11.6. The summed E-state index contributed by atoms with van der Waals surface area (Å²) in [6.07, 6.45) is 1.61. The zero-order valence-corrected chi connectivity index (χ0v) is 12.9. The van der Waals surface area contributed by atoms with E-state index in [1.54, 1.807) is 37.2 Å². The van der Waals surface area contributed by atoms with Gasteiger partial charge in [0, 0.05) is 25.4 Å². The number of anilines is 1. The molecule has 0 spiro atoms. The molecule has 0 saturated carbocycles. The van der Waals surface area contributed by atoms with E-state index in [9.17, 15) is 10.1 Å². The first-order chi connectivity index (χ1) is 9.88. The van der Waals surface area contributed by atoms with E-state index in [-0.39, 0.29) is 16.7 Å². The van der Waals surface area contributed by atoms with E-state index in [0.29, 0.717) is 17.3 Å². The minimum Gasteiger partial charge on any atom is -0.350 e. The first kappa shape index (κ1) is 15.5. The number of aryl methyl sites for hydroxylation is 1. The third-order valence-corrected chi connectivity index (χ3v) is 3.30. The van der Waals surface area contributed by atoms with Crippen LogP contribution in [-0.4, -0.2) is 21.9 Å². The molecule has 0 N–H and O–H groups in total. The van der Waals surface area contributed by atoms with Crippen molar-refractivity contribution in [1.82, 2.24) is 9.97 Å². The van der Waals surface area contributed by atoms with Crippen molar-refractivity contribution in [3.8, 4) is 0 Å². The van der Waals surface area contributed by atoms with E-state index in [1.807, 2.05) is 0 Å². The van der Waals surface area contributed by atoms with Crippen molar-refractivity contribution in [1.29, 1.82) is 0 Å². The van der Waals surface area contributed by atoms with Gasteiger partial charge in [-0.1, -0.05) is 29.3 Å². The standard InChI is InChI=1S/C13H12Cl2N4O2/c1-8-5-11(15)17-13(12(8)19(20)21)18(2)7-9-3-4-10(14)16-6-9/h3-6H,7H2,1-2H3. The highest BCUT2D eigenvalue weighted by Gasteiger charge is 2.23. The minimum absolute atomic E-state index is 0.0520. The third kappa shape index (κ3) is 3.59. The van der Waals surface area contributed by atoms with E-state index in [4.69, 9.17) is 23.2 Å². The Bertz CT molecular complexity index is 677. The number of nitrogens with zero attached hydrogens (tertiary/aromatic N) is 4. The van der Waals surface area contributed by atoms with Gasteiger partial charge in [0.05, 0.1) is 4.92 Å². The number of halogens is 2. The fourth-order valence-corrected chi connectivity index (χ4v) is 2.31. The predicted molar refractivity (Wildman–Crippen MR) is 82.0 cm³/mol. The van der Waals surface area contributed by atoms with Crippen molar-refractivity contribution in [3.05, 3.63) is 55.9 Å². The Morgan fingerprint density at radius 2 is 2.05 bits per heavy atom. The lowest BCUT2D eigenvalue weighted by atomic mass is 10.2. The zero-order valence-electron chi connectivity index (χ0n) is 11.4. The normalized spacial score (nSPS) is 10.5. The molecule has 0 aliphatic carbocycles. The molecule has 2 heterocycles. The molecule has 0 aliphatic heterocycles. The van der Waals surface area contributed by atoms with Gasteiger partial charge in [-0.15, -0.1) is 0 Å². The van der Waals surface area contributed by atoms with Crippen LogP contribution in [0.4, 0.5) is 11.5 Å². The average molecular weight is 327 g/mol. The molecule has 0 amide bonds. The summed E-state index contributed by atoms with van der Waals surface area (Å²) in [5.41, 5.74) is 1.27. The van der Waals surface area contributed by atoms with Gasteiger partial charge in [0.25, 0.3) is 0 Å². The van der Waals surface area contributed by atoms with Gasteiger partial charge in [-0.2, -0.15) is 0 Å². The number of rotatable bonds is 4. The van der Waals surface area contributed by atoms with E-state index in [1.165, 1.54) is 6.07 Å². The van der Waals surface area contributed by atoms with Gasteiger partial charge in [-0.05, 0) is 24.6 Å². The maximum Gasteiger partial charge on any atom is 0.314 e. The van der Waals surface area contributed by atoms with Crippen LogP contribution in [0.25, 0.3) is 0 Å². The van der Waals surface area contributed by atoms with Gasteiger partial charge in [0.15, 0.2) is 0 Å². The summed E-state index contributed by atoms with van der Waals surface area (Å²) in [4.78, 5) is 20.5. The number of hydrogen-bond acceptors (Lipinski definition) is 5. The topological polar surface area (TPSA) is 72.2 Å². The number of nitro groups is 1. The molecule has 0 aromatic carbocycles. The molecule has 0 bridgehead atoms. The van der Waals surface area contributed by atoms with Crippen LogP contribution in [0, 0.1) is 17.0 Å². The Morgan fingerprint density at radius 1 is 1.33 bits per heavy atom. The van der Waals surface area contributed by atoms with E-state index in [2.05, 4.69) is 9.97 Å². The van der Waals surface area contributed by atoms with Crippen molar-refractivity contribution >= 4 is 34.7 Å². The quantitative estimate of drug-likeness (QED) is 0.487. The molecule has 0 radical (unpaired) electrons. The van der Waals surface area contributed by atoms with Crippen molar-refractivity contribution in [2.75, 3.05) is 11.9 Å². The number of hydrogen-bond donors (Lipinski definition) is 0. The highest BCUT2D eigenvalue weighted by molar-refractivity contribution is 6.29. The highest BCUT2D eigenvalue weighted by Crippen LogP contribution is 2.31. The predicted octanol–water partition coefficient (Wildman–Crippen LogP) is 3.64. The molecule has 2 rings (SSSR count). The average Bonchev–Trinajstić information content (AvgIpc) is 2.39. The van der Waals surface area contributed by atoms with Crippen LogP contribution in [0.3, 0.4) is 0 Å². The minimum atomic E-state index is -0.454. The van der Waals surface area contributed by atoms with Crippen molar-refractivity contribution in [2.24, 2.45) is 0 Å². The van der Waals surface area contributed by atoms with E-state index >= 15 is 0 Å². The fraction of sp³-hybridized carbons (Fsp3) is 0.231. The van der Waals surface area contributed by atoms with Gasteiger partial charge in [-0.3, -0.25) is 10.1 Å². The third-order valence-electron chi connectivity index (χ3n) is 2.89. The lowest BCUT2D eigenvalue weighted by Gasteiger charge is -2.18. The van der Waals surface area contributed by atoms with Gasteiger partial charge in [0.2, 0.25) is 5.82 Å². The second kappa shape index (κ2) is 6.24. The lowest BCUT2D eigenvalue weighted by Crippen LogP contribution is -2.19. The van der Waals surface area contributed by atoms with Crippen LogP contribution in [0.5, 0.6) is 0 Å². The van der Waals surface area contributed by atoms with Gasteiger partial charge in [0.1, 0.15) is 10.3 Å². The highest BCUT2D eigenvalue weighted by atomic mass is 35.5. The summed E-state index contributed by atoms with van der Waals surface area (Å²) in [5, 5.41) is 11.8. The van der Waals surface area contributed by atoms with E-state index < -0.39 is 4.92 Å². The number of pyridine rings is 2. The number of aromatic nitrogens is 2. The molecule has 110 valence electrons. The molecule has 2 aromatic heterocycles. The first-order valence-corrected chi connectivity index (χ1v) is 6.77. The SMILES string of the molecule is Cc1cc(Cl)nc(N(C)Cc2ccc(Cl)nc2)c1[N+](=O)[O-]. The monoisotopic (exact) mass is 326 g/mol. The molecule has 6 nitrogen and oxygen atoms in total. The Hall–Kier alpha value is -1.92. The molecule has 8 heteroatoms. The van der Waals surface area contributed by atoms with E-state index in [0.717, 1.165) is 5.56 Å². The maximum atomic E-state index is 11.2. The summed E-state index contributed by atoms with van der Waals surface area (Å²) in [6.45, 7) is 2.03. The summed E-state index contributed by atoms with van der Waals surface area (Å²) in [7, 11) is 1.71. The summed E-state index contributed by atoms with van der Waals surface area (Å²) in [5.74, 6) is 0.222. The zero-order chi connectivity index (χ0) is 15.6. The molecule has 0 aliphatic rings. The smallest absolute Gasteiger partial charge is 0.314 e. The molecule has 0 saturated heterocycles. The second-order valence-electron chi connectivity index (χ2n) is 4.54. The molecule has 2 aromatic rings. The summed E-state index contributed by atoms with van der Waals surface area (Å²) < 4.78 is 0. The van der Waals surface area contributed by atoms with Crippen LogP contribution < -0.4 is 4.90 Å². The fourth-order valence-electron chi connectivity index (χ4n) is 1.95. The van der Waals surface area contributed by atoms with Crippen LogP contribution in [0.15, 0.2) is 24.4 Å². The molecular weight excluding hydrogens is 315 g/mol. The first-order valence-electron chi connectivity index (χ1n) is 6.01. The Morgan fingerprint density at radius 3 is 2.62 bits per heavy atom. The molecular formula is C13H12Cl2N4O2. The Labute approximate surface area is 131 Å². The molecule has 0 fully saturated rings. The molecule has 0 unspecified atom stereocenters. The van der Waals surface area contributed by atoms with Crippen molar-refractivity contribution < 1.29 is 4.92 Å². The molecule has 0 atom stereocenters. The van der Waals surface area contributed by atoms with Crippen molar-refractivity contribution in [3.63, 3.8) is 0 Å². The Balaban J connectivity index is 2.36.